The van der Waals surface area contributed by atoms with Crippen LogP contribution in [0.15, 0.2) is 0 Å². The summed E-state index contributed by atoms with van der Waals surface area (Å²) in [7, 11) is 0. The van der Waals surface area contributed by atoms with Gasteiger partial charge in [-0.15, -0.1) is 0 Å². The Morgan fingerprint density at radius 3 is 1.18 bits per heavy atom. The van der Waals surface area contributed by atoms with Crippen LogP contribution >= 0.6 is 46.4 Å². The van der Waals surface area contributed by atoms with Gasteiger partial charge in [-0.3, -0.25) is 0 Å². The molecule has 17 heavy (non-hydrogen) atoms. The first-order chi connectivity index (χ1) is 7.29. The summed E-state index contributed by atoms with van der Waals surface area (Å²) < 4.78 is 0. The Morgan fingerprint density at radius 1 is 0.765 bits per heavy atom. The Labute approximate surface area is 148 Å². The van der Waals surface area contributed by atoms with Crippen molar-refractivity contribution in [2.45, 2.75) is 0 Å². The second-order valence-corrected chi connectivity index (χ2v) is 4.13. The number of carbonyl (C=O) groups is 2. The smallest absolute Gasteiger partial charge is 1.00 e. The van der Waals surface area contributed by atoms with E-state index in [0.29, 0.717) is 0 Å². The van der Waals surface area contributed by atoms with Crippen LogP contribution in [0.1, 0.15) is 23.6 Å². The fourth-order valence-electron chi connectivity index (χ4n) is 1.03. The van der Waals surface area contributed by atoms with E-state index in [2.05, 4.69) is 0 Å². The summed E-state index contributed by atoms with van der Waals surface area (Å²) in [4.78, 5) is 21.7. The van der Waals surface area contributed by atoms with Crippen molar-refractivity contribution < 1.29 is 22.7 Å². The first-order valence-electron chi connectivity index (χ1n) is 3.61. The van der Waals surface area contributed by atoms with Crippen molar-refractivity contribution in [2.24, 2.45) is 0 Å². The van der Waals surface area contributed by atoms with Crippen molar-refractivity contribution in [3.8, 4) is 0 Å². The van der Waals surface area contributed by atoms with Crippen LogP contribution in [0.25, 0.3) is 0 Å². The molecule has 0 spiro atoms. The molecule has 0 aliphatic rings. The number of halogens is 4. The largest absolute Gasteiger partial charge is 2.00 e. The monoisotopic (exact) mass is 344 g/mol. The molecule has 1 aromatic rings. The van der Waals surface area contributed by atoms with Gasteiger partial charge in [-0.25, -0.2) is 9.59 Å². The van der Waals surface area contributed by atoms with Crippen molar-refractivity contribution in [3.05, 3.63) is 31.2 Å². The summed E-state index contributed by atoms with van der Waals surface area (Å²) in [6.07, 6.45) is 0. The van der Waals surface area contributed by atoms with Crippen LogP contribution in [0.5, 0.6) is 0 Å². The standard InChI is InChI=1S/C8H2Cl4O4.Ca.2H/c9-3-1(7(13)14)2(8(15)16)4(10)6(12)5(3)11;;;/h(H,13,14)(H,15,16);;;/q;+2;2*-1. The van der Waals surface area contributed by atoms with Gasteiger partial charge < -0.3 is 13.1 Å². The third-order valence-corrected chi connectivity index (χ3v) is 3.50. The Bertz CT molecular complexity index is 467. The quantitative estimate of drug-likeness (QED) is 0.488. The molecule has 4 nitrogen and oxygen atoms in total. The minimum absolute atomic E-state index is 0. The molecule has 2 N–H and O–H groups in total. The number of hydrogen-bond acceptors (Lipinski definition) is 2. The average molecular weight is 346 g/mol. The number of hydrogen-bond donors (Lipinski definition) is 2. The van der Waals surface area contributed by atoms with E-state index in [1.165, 1.54) is 0 Å². The van der Waals surface area contributed by atoms with Gasteiger partial charge in [0.1, 0.15) is 0 Å². The third kappa shape index (κ3) is 3.32. The zero-order valence-electron chi connectivity index (χ0n) is 9.93. The zero-order valence-corrected chi connectivity index (χ0v) is 13.2. The van der Waals surface area contributed by atoms with Crippen LogP contribution in [0, 0.1) is 0 Å². The Hall–Kier alpha value is 0.580. The van der Waals surface area contributed by atoms with E-state index in [1.807, 2.05) is 0 Å². The van der Waals surface area contributed by atoms with Crippen molar-refractivity contribution >= 4 is 96.1 Å². The molecule has 0 aromatic heterocycles. The van der Waals surface area contributed by atoms with Crippen molar-refractivity contribution in [1.82, 2.24) is 0 Å². The molecule has 0 bridgehead atoms. The summed E-state index contributed by atoms with van der Waals surface area (Å²) in [5.41, 5.74) is -1.37. The van der Waals surface area contributed by atoms with E-state index in [0.717, 1.165) is 0 Å². The first-order valence-corrected chi connectivity index (χ1v) is 5.12. The summed E-state index contributed by atoms with van der Waals surface area (Å²) in [5.74, 6) is -3.11. The predicted octanol–water partition coefficient (Wildman–Crippen LogP) is 3.54. The van der Waals surface area contributed by atoms with Gasteiger partial charge in [0.2, 0.25) is 0 Å². The number of carboxylic acids is 2. The number of benzene rings is 1. The van der Waals surface area contributed by atoms with Gasteiger partial charge in [-0.05, 0) is 0 Å². The molecule has 1 aromatic carbocycles. The molecule has 0 amide bonds. The topological polar surface area (TPSA) is 74.6 Å². The maximum absolute atomic E-state index is 10.9. The third-order valence-electron chi connectivity index (χ3n) is 1.69. The van der Waals surface area contributed by atoms with Gasteiger partial charge in [-0.2, -0.15) is 0 Å². The molecular formula is C8H4CaCl4O4. The van der Waals surface area contributed by atoms with E-state index in [1.54, 1.807) is 0 Å². The zero-order chi connectivity index (χ0) is 12.6. The molecule has 0 atom stereocenters. The summed E-state index contributed by atoms with van der Waals surface area (Å²) in [5, 5.41) is 16.1. The SMILES string of the molecule is O=C(O)c1c(Cl)c(Cl)c(Cl)c(Cl)c1C(=O)O.[Ca+2].[H-].[H-]. The molecule has 0 saturated heterocycles. The van der Waals surface area contributed by atoms with Gasteiger partial charge in [0.25, 0.3) is 0 Å². The Kier molecular flexibility index (Phi) is 6.89. The maximum atomic E-state index is 10.9. The van der Waals surface area contributed by atoms with Crippen LogP contribution < -0.4 is 0 Å². The Balaban J connectivity index is -0.000000853. The molecule has 0 fully saturated rings. The number of rotatable bonds is 2. The van der Waals surface area contributed by atoms with Crippen LogP contribution in [-0.2, 0) is 0 Å². The molecule has 90 valence electrons. The molecular weight excluding hydrogens is 342 g/mol. The van der Waals surface area contributed by atoms with Crippen molar-refractivity contribution in [1.29, 1.82) is 0 Å². The fraction of sp³-hybridized carbons (Fsp3) is 0. The number of aromatic carboxylic acids is 2. The normalized spacial score (nSPS) is 9.65. The molecule has 0 saturated carbocycles. The molecule has 1 rings (SSSR count). The predicted molar refractivity (Wildman–Crippen MR) is 68.4 cm³/mol. The van der Waals surface area contributed by atoms with Gasteiger partial charge in [0, 0.05) is 0 Å². The minimum Gasteiger partial charge on any atom is -1.00 e. The van der Waals surface area contributed by atoms with E-state index in [4.69, 9.17) is 56.6 Å². The second kappa shape index (κ2) is 6.66. The molecule has 0 heterocycles. The maximum Gasteiger partial charge on any atom is 2.00 e. The minimum atomic E-state index is -1.55. The van der Waals surface area contributed by atoms with Gasteiger partial charge >= 0.3 is 49.7 Å². The second-order valence-electron chi connectivity index (χ2n) is 2.62. The van der Waals surface area contributed by atoms with Gasteiger partial charge in [0.15, 0.2) is 0 Å². The molecule has 9 heteroatoms. The van der Waals surface area contributed by atoms with Crippen LogP contribution in [-0.4, -0.2) is 59.9 Å². The first kappa shape index (κ1) is 17.6. The van der Waals surface area contributed by atoms with Crippen LogP contribution in [0.4, 0.5) is 0 Å². The van der Waals surface area contributed by atoms with E-state index < -0.39 is 33.1 Å². The molecule has 0 unspecified atom stereocenters. The van der Waals surface area contributed by atoms with Crippen LogP contribution in [0.3, 0.4) is 0 Å². The van der Waals surface area contributed by atoms with E-state index in [-0.39, 0.29) is 50.6 Å². The summed E-state index contributed by atoms with van der Waals surface area (Å²) in [6.45, 7) is 0. The van der Waals surface area contributed by atoms with Crippen molar-refractivity contribution in [3.63, 3.8) is 0 Å². The average Bonchev–Trinajstić information content (AvgIpc) is 2.18. The Morgan fingerprint density at radius 2 is 1.00 bits per heavy atom. The summed E-state index contributed by atoms with van der Waals surface area (Å²) >= 11 is 22.4. The molecule has 0 radical (unpaired) electrons. The van der Waals surface area contributed by atoms with Crippen LogP contribution in [0.2, 0.25) is 20.1 Å². The van der Waals surface area contributed by atoms with Gasteiger partial charge in [-0.1, -0.05) is 46.4 Å². The number of carboxylic acid groups (broad SMARTS) is 2. The fourth-order valence-corrected chi connectivity index (χ4v) is 2.05. The summed E-state index contributed by atoms with van der Waals surface area (Å²) in [6, 6.07) is 0. The van der Waals surface area contributed by atoms with E-state index >= 15 is 0 Å². The van der Waals surface area contributed by atoms with Gasteiger partial charge in [0.05, 0.1) is 31.2 Å². The van der Waals surface area contributed by atoms with E-state index in [9.17, 15) is 9.59 Å². The molecule has 0 aliphatic carbocycles. The molecule has 0 aliphatic heterocycles. The van der Waals surface area contributed by atoms with Crippen molar-refractivity contribution in [2.75, 3.05) is 0 Å².